The minimum Gasteiger partial charge on any atom is -0.462 e. The summed E-state index contributed by atoms with van der Waals surface area (Å²) in [4.78, 5) is 18.6. The summed E-state index contributed by atoms with van der Waals surface area (Å²) < 4.78 is 22.4. The first-order valence-corrected chi connectivity index (χ1v) is 13.6. The zero-order chi connectivity index (χ0) is 25.1. The fourth-order valence-electron chi connectivity index (χ4n) is 6.70. The molecule has 4 atom stereocenters. The zero-order valence-corrected chi connectivity index (χ0v) is 21.2. The standard InChI is InChI=1S/C28H33FN6O2/c1-34-11-3-4-18(34)15-37-28-32-26-22(27(33-28)35-13-16-7-8-17(14-35)31-16)12-30-25(24(26)29)21-6-2-5-20-19(21)9-10-23(20)36/h2,5-6,12,16-18,23,31,36H,3-4,7-11,13-15H2,1H3/t16?,17?,18-,23?/m0/s1. The molecule has 3 aliphatic heterocycles. The Kier molecular flexibility index (Phi) is 5.75. The predicted octanol–water partition coefficient (Wildman–Crippen LogP) is 3.22. The molecule has 0 radical (unpaired) electrons. The summed E-state index contributed by atoms with van der Waals surface area (Å²) >= 11 is 0. The first kappa shape index (κ1) is 23.3. The van der Waals surface area contributed by atoms with Crippen LogP contribution in [0, 0.1) is 5.82 Å². The Labute approximate surface area is 215 Å². The Bertz CT molecular complexity index is 1340. The van der Waals surface area contributed by atoms with E-state index in [4.69, 9.17) is 9.72 Å². The van der Waals surface area contributed by atoms with Gasteiger partial charge in [-0.15, -0.1) is 0 Å². The number of fused-ring (bicyclic) bond motifs is 4. The van der Waals surface area contributed by atoms with Gasteiger partial charge in [0.25, 0.3) is 0 Å². The lowest BCUT2D eigenvalue weighted by Crippen LogP contribution is -2.51. The number of rotatable bonds is 5. The number of nitrogens with zero attached hydrogens (tertiary/aromatic N) is 5. The van der Waals surface area contributed by atoms with E-state index >= 15 is 4.39 Å². The number of nitrogens with one attached hydrogen (secondary N) is 1. The number of benzene rings is 1. The molecule has 9 heteroatoms. The molecule has 8 nitrogen and oxygen atoms in total. The average molecular weight is 505 g/mol. The van der Waals surface area contributed by atoms with Gasteiger partial charge in [-0.05, 0) is 63.2 Å². The lowest BCUT2D eigenvalue weighted by atomic mass is 9.99. The Morgan fingerprint density at radius 2 is 1.97 bits per heavy atom. The highest BCUT2D eigenvalue weighted by molar-refractivity contribution is 5.92. The van der Waals surface area contributed by atoms with Crippen molar-refractivity contribution in [3.05, 3.63) is 41.3 Å². The normalized spacial score (nSPS) is 27.3. The van der Waals surface area contributed by atoms with Crippen LogP contribution < -0.4 is 15.0 Å². The maximum atomic E-state index is 16.3. The van der Waals surface area contributed by atoms with Crippen molar-refractivity contribution in [2.75, 3.05) is 38.2 Å². The number of hydrogen-bond acceptors (Lipinski definition) is 8. The van der Waals surface area contributed by atoms with Crippen molar-refractivity contribution >= 4 is 16.7 Å². The number of aliphatic hydroxyl groups excluding tert-OH is 1. The van der Waals surface area contributed by atoms with Crippen molar-refractivity contribution in [2.24, 2.45) is 0 Å². The van der Waals surface area contributed by atoms with E-state index in [2.05, 4.69) is 32.1 Å². The van der Waals surface area contributed by atoms with Crippen LogP contribution in [-0.4, -0.2) is 76.4 Å². The molecular weight excluding hydrogens is 471 g/mol. The van der Waals surface area contributed by atoms with Gasteiger partial charge in [0.2, 0.25) is 0 Å². The lowest BCUT2D eigenvalue weighted by Gasteiger charge is -2.34. The third-order valence-electron chi connectivity index (χ3n) is 8.73. The van der Waals surface area contributed by atoms with Gasteiger partial charge in [-0.1, -0.05) is 18.2 Å². The van der Waals surface area contributed by atoms with Crippen LogP contribution in [0.15, 0.2) is 24.4 Å². The summed E-state index contributed by atoms with van der Waals surface area (Å²) in [6.07, 6.45) is 7.06. The molecule has 7 rings (SSSR count). The van der Waals surface area contributed by atoms with Crippen molar-refractivity contribution in [3.8, 4) is 17.3 Å². The van der Waals surface area contributed by atoms with Gasteiger partial charge >= 0.3 is 6.01 Å². The fraction of sp³-hybridized carbons (Fsp3) is 0.536. The van der Waals surface area contributed by atoms with E-state index in [1.54, 1.807) is 6.20 Å². The average Bonchev–Trinajstić information content (AvgIpc) is 3.60. The summed E-state index contributed by atoms with van der Waals surface area (Å²) in [7, 11) is 2.11. The number of hydrogen-bond donors (Lipinski definition) is 2. The molecule has 0 amide bonds. The molecule has 0 spiro atoms. The Morgan fingerprint density at radius 3 is 2.76 bits per heavy atom. The number of pyridine rings is 1. The highest BCUT2D eigenvalue weighted by Gasteiger charge is 2.34. The van der Waals surface area contributed by atoms with Crippen molar-refractivity contribution in [3.63, 3.8) is 0 Å². The zero-order valence-electron chi connectivity index (χ0n) is 21.2. The number of anilines is 1. The molecular formula is C28H33FN6O2. The largest absolute Gasteiger partial charge is 0.462 e. The molecule has 3 saturated heterocycles. The van der Waals surface area contributed by atoms with Crippen LogP contribution in [0.5, 0.6) is 6.01 Å². The van der Waals surface area contributed by atoms with Crippen LogP contribution in [0.25, 0.3) is 22.2 Å². The first-order chi connectivity index (χ1) is 18.0. The van der Waals surface area contributed by atoms with Crippen LogP contribution in [0.2, 0.25) is 0 Å². The summed E-state index contributed by atoms with van der Waals surface area (Å²) in [5, 5.41) is 14.6. The molecule has 194 valence electrons. The molecule has 1 aromatic carbocycles. The van der Waals surface area contributed by atoms with Gasteiger partial charge in [-0.25, -0.2) is 4.39 Å². The lowest BCUT2D eigenvalue weighted by molar-refractivity contribution is 0.180. The molecule has 5 heterocycles. The maximum Gasteiger partial charge on any atom is 0.319 e. The fourth-order valence-corrected chi connectivity index (χ4v) is 6.70. The highest BCUT2D eigenvalue weighted by atomic mass is 19.1. The molecule has 0 saturated carbocycles. The monoisotopic (exact) mass is 504 g/mol. The number of piperazine rings is 1. The topological polar surface area (TPSA) is 86.6 Å². The van der Waals surface area contributed by atoms with Crippen LogP contribution in [0.4, 0.5) is 10.2 Å². The first-order valence-electron chi connectivity index (χ1n) is 13.6. The van der Waals surface area contributed by atoms with Gasteiger partial charge in [0.1, 0.15) is 23.6 Å². The number of likely N-dealkylation sites (N-methyl/N-ethyl adjacent to an activating group) is 1. The van der Waals surface area contributed by atoms with E-state index in [-0.39, 0.29) is 17.2 Å². The third-order valence-corrected chi connectivity index (χ3v) is 8.73. The third kappa shape index (κ3) is 4.04. The molecule has 2 aromatic heterocycles. The van der Waals surface area contributed by atoms with E-state index in [0.717, 1.165) is 62.0 Å². The Hall–Kier alpha value is -2.88. The van der Waals surface area contributed by atoms with Crippen molar-refractivity contribution in [1.29, 1.82) is 0 Å². The molecule has 3 aromatic rings. The van der Waals surface area contributed by atoms with Gasteiger partial charge in [-0.2, -0.15) is 9.97 Å². The van der Waals surface area contributed by atoms with Gasteiger partial charge in [0.05, 0.1) is 11.5 Å². The Balaban J connectivity index is 1.32. The number of ether oxygens (including phenoxy) is 1. The predicted molar refractivity (Wildman–Crippen MR) is 139 cm³/mol. The van der Waals surface area contributed by atoms with Gasteiger partial charge in [0.15, 0.2) is 5.82 Å². The second kappa shape index (κ2) is 9.15. The summed E-state index contributed by atoms with van der Waals surface area (Å²) in [6.45, 7) is 3.18. The molecule has 4 aliphatic rings. The minimum absolute atomic E-state index is 0.221. The number of aromatic nitrogens is 3. The van der Waals surface area contributed by atoms with Crippen LogP contribution in [0.1, 0.15) is 49.3 Å². The van der Waals surface area contributed by atoms with Crippen molar-refractivity contribution < 1.29 is 14.2 Å². The number of likely N-dealkylation sites (tertiary alicyclic amines) is 1. The van der Waals surface area contributed by atoms with Crippen molar-refractivity contribution in [2.45, 2.75) is 62.8 Å². The SMILES string of the molecule is CN1CCC[C@H]1COc1nc(N2CC3CCC(C2)N3)c2cnc(-c3cccc4c3CCC4O)c(F)c2n1. The molecule has 2 N–H and O–H groups in total. The summed E-state index contributed by atoms with van der Waals surface area (Å²) in [5.41, 5.74) is 3.07. The van der Waals surface area contributed by atoms with Crippen molar-refractivity contribution in [1.82, 2.24) is 25.2 Å². The maximum absolute atomic E-state index is 16.3. The minimum atomic E-state index is -0.510. The molecule has 37 heavy (non-hydrogen) atoms. The van der Waals surface area contributed by atoms with Crippen LogP contribution >= 0.6 is 0 Å². The van der Waals surface area contributed by atoms with E-state index in [1.807, 2.05) is 18.2 Å². The van der Waals surface area contributed by atoms with E-state index in [1.165, 1.54) is 0 Å². The van der Waals surface area contributed by atoms with Crippen LogP contribution in [-0.2, 0) is 6.42 Å². The quantitative estimate of drug-likeness (QED) is 0.548. The summed E-state index contributed by atoms with van der Waals surface area (Å²) in [5.74, 6) is 0.238. The van der Waals surface area contributed by atoms with Gasteiger partial charge in [0, 0.05) is 43.0 Å². The number of aliphatic hydroxyl groups is 1. The van der Waals surface area contributed by atoms with E-state index in [0.29, 0.717) is 48.8 Å². The molecule has 1 aliphatic carbocycles. The van der Waals surface area contributed by atoms with Gasteiger partial charge in [-0.3, -0.25) is 4.98 Å². The molecule has 3 fully saturated rings. The summed E-state index contributed by atoms with van der Waals surface area (Å²) in [6, 6.07) is 7.03. The second-order valence-electron chi connectivity index (χ2n) is 11.1. The second-order valence-corrected chi connectivity index (χ2v) is 11.1. The van der Waals surface area contributed by atoms with Gasteiger partial charge < -0.3 is 25.0 Å². The Morgan fingerprint density at radius 1 is 1.14 bits per heavy atom. The van der Waals surface area contributed by atoms with E-state index in [9.17, 15) is 5.11 Å². The number of halogens is 1. The molecule has 3 unspecified atom stereocenters. The highest BCUT2D eigenvalue weighted by Crippen LogP contribution is 2.40. The smallest absolute Gasteiger partial charge is 0.319 e. The molecule has 2 bridgehead atoms. The van der Waals surface area contributed by atoms with Crippen LogP contribution in [0.3, 0.4) is 0 Å². The van der Waals surface area contributed by atoms with E-state index < -0.39 is 11.9 Å².